The summed E-state index contributed by atoms with van der Waals surface area (Å²) in [6.45, 7) is 6.86. The maximum absolute atomic E-state index is 8.96. The molecule has 0 aliphatic heterocycles. The third-order valence-corrected chi connectivity index (χ3v) is 13.2. The Bertz CT molecular complexity index is 205. The monoisotopic (exact) mass is 300 g/mol. The number of hydrogen-bond donors (Lipinski definition) is 1. The third-order valence-electron chi connectivity index (χ3n) is 3.46. The standard InChI is InChI=1S/C15H30GeO/c1-4-7-11-16(12-8-5-2,13-9-6-3)14-10-15-17/h17H,4-9,11-13,15H2,1-3H3. The molecule has 0 atom stereocenters. The summed E-state index contributed by atoms with van der Waals surface area (Å²) in [5.41, 5.74) is 0. The minimum absolute atomic E-state index is 0.0530. The third kappa shape index (κ3) is 7.89. The van der Waals surface area contributed by atoms with Crippen molar-refractivity contribution in [3.05, 3.63) is 0 Å². The van der Waals surface area contributed by atoms with Crippen LogP contribution in [0.25, 0.3) is 0 Å². The average Bonchev–Trinajstić information content (AvgIpc) is 2.37. The van der Waals surface area contributed by atoms with E-state index >= 15 is 0 Å². The van der Waals surface area contributed by atoms with Gasteiger partial charge in [-0.15, -0.1) is 0 Å². The van der Waals surface area contributed by atoms with E-state index in [1.54, 1.807) is 0 Å². The van der Waals surface area contributed by atoms with Gasteiger partial charge in [-0.3, -0.25) is 0 Å². The van der Waals surface area contributed by atoms with Crippen molar-refractivity contribution in [3.63, 3.8) is 0 Å². The zero-order valence-electron chi connectivity index (χ0n) is 12.0. The summed E-state index contributed by atoms with van der Waals surface area (Å²) in [4.78, 5) is 0. The van der Waals surface area contributed by atoms with Gasteiger partial charge in [0.2, 0.25) is 0 Å². The van der Waals surface area contributed by atoms with Gasteiger partial charge in [0.05, 0.1) is 0 Å². The van der Waals surface area contributed by atoms with E-state index in [0.29, 0.717) is 0 Å². The van der Waals surface area contributed by atoms with Crippen LogP contribution in [0.3, 0.4) is 0 Å². The number of aliphatic hydroxyl groups excluding tert-OH is 1. The molecule has 0 unspecified atom stereocenters. The van der Waals surface area contributed by atoms with Crippen LogP contribution in [0.15, 0.2) is 0 Å². The van der Waals surface area contributed by atoms with Crippen LogP contribution in [0.2, 0.25) is 15.8 Å². The van der Waals surface area contributed by atoms with Gasteiger partial charge in [-0.1, -0.05) is 0 Å². The van der Waals surface area contributed by atoms with Gasteiger partial charge in [0.1, 0.15) is 0 Å². The van der Waals surface area contributed by atoms with Gasteiger partial charge in [-0.2, -0.15) is 0 Å². The normalized spacial score (nSPS) is 11.1. The van der Waals surface area contributed by atoms with Crippen LogP contribution in [-0.2, 0) is 0 Å². The molecule has 0 fully saturated rings. The predicted molar refractivity (Wildman–Crippen MR) is 79.8 cm³/mol. The molecule has 100 valence electrons. The van der Waals surface area contributed by atoms with E-state index < -0.39 is 13.3 Å². The zero-order valence-corrected chi connectivity index (χ0v) is 14.1. The predicted octanol–water partition coefficient (Wildman–Crippen LogP) is 4.37. The number of hydrogen-bond acceptors (Lipinski definition) is 1. The molecular weight excluding hydrogens is 269 g/mol. The average molecular weight is 299 g/mol. The van der Waals surface area contributed by atoms with Crippen LogP contribution >= 0.6 is 0 Å². The molecule has 0 aliphatic rings. The second-order valence-electron chi connectivity index (χ2n) is 5.05. The van der Waals surface area contributed by atoms with Crippen molar-refractivity contribution in [2.24, 2.45) is 0 Å². The topological polar surface area (TPSA) is 20.2 Å². The van der Waals surface area contributed by atoms with E-state index in [-0.39, 0.29) is 6.61 Å². The van der Waals surface area contributed by atoms with Crippen molar-refractivity contribution in [1.82, 2.24) is 0 Å². The molecule has 0 aromatic carbocycles. The summed E-state index contributed by atoms with van der Waals surface area (Å²) in [7, 11) is 0. The van der Waals surface area contributed by atoms with Crippen LogP contribution in [0.5, 0.6) is 0 Å². The van der Waals surface area contributed by atoms with E-state index in [9.17, 15) is 0 Å². The van der Waals surface area contributed by atoms with Gasteiger partial charge < -0.3 is 0 Å². The van der Waals surface area contributed by atoms with E-state index in [1.807, 2.05) is 0 Å². The van der Waals surface area contributed by atoms with Crippen molar-refractivity contribution in [2.75, 3.05) is 6.61 Å². The molecule has 0 heterocycles. The quantitative estimate of drug-likeness (QED) is 0.495. The Balaban J connectivity index is 4.63. The van der Waals surface area contributed by atoms with E-state index in [1.165, 1.54) is 54.3 Å². The summed E-state index contributed by atoms with van der Waals surface area (Å²) in [6, 6.07) is 0. The summed E-state index contributed by atoms with van der Waals surface area (Å²) in [6.07, 6.45) is 7.87. The fourth-order valence-electron chi connectivity index (χ4n) is 2.34. The van der Waals surface area contributed by atoms with Gasteiger partial charge >= 0.3 is 111 Å². The van der Waals surface area contributed by atoms with Crippen molar-refractivity contribution in [2.45, 2.75) is 75.1 Å². The molecule has 17 heavy (non-hydrogen) atoms. The number of unbranched alkanes of at least 4 members (excludes halogenated alkanes) is 3. The molecule has 0 spiro atoms. The van der Waals surface area contributed by atoms with Gasteiger partial charge in [-0.05, 0) is 0 Å². The first-order valence-electron chi connectivity index (χ1n) is 7.35. The Labute approximate surface area is 111 Å². The fraction of sp³-hybridized carbons (Fsp3) is 0.867. The number of rotatable bonds is 9. The molecule has 0 saturated carbocycles. The van der Waals surface area contributed by atoms with Crippen LogP contribution < -0.4 is 0 Å². The van der Waals surface area contributed by atoms with Gasteiger partial charge in [0, 0.05) is 0 Å². The van der Waals surface area contributed by atoms with Crippen molar-refractivity contribution >= 4 is 13.3 Å². The molecule has 1 nitrogen and oxygen atoms in total. The molecule has 0 aliphatic carbocycles. The second kappa shape index (κ2) is 11.2. The number of aliphatic hydroxyl groups is 1. The Kier molecular flexibility index (Phi) is 11.2. The molecule has 2 heteroatoms. The van der Waals surface area contributed by atoms with Gasteiger partial charge in [0.15, 0.2) is 0 Å². The van der Waals surface area contributed by atoms with E-state index in [0.717, 1.165) is 0 Å². The van der Waals surface area contributed by atoms with Crippen molar-refractivity contribution in [3.8, 4) is 10.7 Å². The van der Waals surface area contributed by atoms with Crippen LogP contribution in [0.1, 0.15) is 59.3 Å². The summed E-state index contributed by atoms with van der Waals surface area (Å²) < 4.78 is 3.57. The Morgan fingerprint density at radius 2 is 1.24 bits per heavy atom. The Hall–Kier alpha value is 0.0629. The second-order valence-corrected chi connectivity index (χ2v) is 14.1. The first kappa shape index (κ1) is 17.1. The molecule has 0 amide bonds. The van der Waals surface area contributed by atoms with Gasteiger partial charge in [0.25, 0.3) is 0 Å². The molecule has 1 N–H and O–H groups in total. The van der Waals surface area contributed by atoms with Crippen molar-refractivity contribution < 1.29 is 5.11 Å². The Morgan fingerprint density at radius 1 is 0.824 bits per heavy atom. The SMILES string of the molecule is CCC[CH2][Ge]([C]#CCO)([CH2]CCC)[CH2]CCC. The first-order chi connectivity index (χ1) is 8.24. The minimum atomic E-state index is -1.96. The Morgan fingerprint density at radius 3 is 1.53 bits per heavy atom. The molecule has 0 saturated heterocycles. The van der Waals surface area contributed by atoms with Crippen molar-refractivity contribution in [1.29, 1.82) is 0 Å². The maximum atomic E-state index is 8.96. The van der Waals surface area contributed by atoms with Crippen LogP contribution in [0.4, 0.5) is 0 Å². The molecule has 0 radical (unpaired) electrons. The van der Waals surface area contributed by atoms with E-state index in [2.05, 4.69) is 31.4 Å². The molecule has 0 aromatic rings. The van der Waals surface area contributed by atoms with Crippen LogP contribution in [-0.4, -0.2) is 25.0 Å². The van der Waals surface area contributed by atoms with E-state index in [4.69, 9.17) is 5.11 Å². The zero-order chi connectivity index (χ0) is 13.0. The summed E-state index contributed by atoms with van der Waals surface area (Å²) >= 11 is -1.96. The van der Waals surface area contributed by atoms with Crippen LogP contribution in [0, 0.1) is 10.7 Å². The summed E-state index contributed by atoms with van der Waals surface area (Å²) in [5.74, 6) is 3.00. The summed E-state index contributed by atoms with van der Waals surface area (Å²) in [5, 5.41) is 13.1. The molecule has 0 aromatic heterocycles. The van der Waals surface area contributed by atoms with Gasteiger partial charge in [-0.25, -0.2) is 0 Å². The molecular formula is C15H30GeO. The first-order valence-corrected chi connectivity index (χ1v) is 12.9. The molecule has 0 bridgehead atoms. The molecule has 0 rings (SSSR count). The fourth-order valence-corrected chi connectivity index (χ4v) is 12.1.